The van der Waals surface area contributed by atoms with Gasteiger partial charge in [-0.1, -0.05) is 51.8 Å². The van der Waals surface area contributed by atoms with Gasteiger partial charge in [-0.15, -0.1) is 0 Å². The summed E-state index contributed by atoms with van der Waals surface area (Å²) in [7, 11) is 0. The van der Waals surface area contributed by atoms with E-state index in [0.29, 0.717) is 27.5 Å². The van der Waals surface area contributed by atoms with Crippen LogP contribution in [0.25, 0.3) is 33.3 Å². The van der Waals surface area contributed by atoms with Gasteiger partial charge in [-0.25, -0.2) is 4.98 Å². The molecule has 1 N–H and O–H groups in total. The van der Waals surface area contributed by atoms with Crippen molar-refractivity contribution in [3.05, 3.63) is 87.1 Å². The fourth-order valence-electron chi connectivity index (χ4n) is 2.59. The quantitative estimate of drug-likeness (QED) is 0.457. The first-order chi connectivity index (χ1) is 12.6. The first kappa shape index (κ1) is 16.8. The van der Waals surface area contributed by atoms with E-state index < -0.39 is 0 Å². The molecule has 0 atom stereocenters. The van der Waals surface area contributed by atoms with Crippen molar-refractivity contribution < 1.29 is 4.42 Å². The molecule has 4 nitrogen and oxygen atoms in total. The maximum absolute atomic E-state index is 12.2. The summed E-state index contributed by atoms with van der Waals surface area (Å²) in [5, 5.41) is 0.820. The molecule has 4 rings (SSSR count). The number of fused-ring (bicyclic) bond motifs is 1. The molecule has 2 aromatic carbocycles. The van der Waals surface area contributed by atoms with Gasteiger partial charge in [-0.05, 0) is 36.4 Å². The Kier molecular flexibility index (Phi) is 4.49. The number of H-pyrrole nitrogens is 1. The van der Waals surface area contributed by atoms with E-state index in [0.717, 1.165) is 15.8 Å². The summed E-state index contributed by atoms with van der Waals surface area (Å²) in [5.74, 6) is 1.61. The number of nitrogens with one attached hydrogen (secondary N) is 1. The number of benzene rings is 2. The lowest BCUT2D eigenvalue weighted by atomic mass is 10.2. The first-order valence-electron chi connectivity index (χ1n) is 7.82. The van der Waals surface area contributed by atoms with Gasteiger partial charge in [0.1, 0.15) is 11.5 Å². The second kappa shape index (κ2) is 6.94. The van der Waals surface area contributed by atoms with Crippen LogP contribution >= 0.6 is 27.5 Å². The topological polar surface area (TPSA) is 58.9 Å². The number of aromatic nitrogens is 2. The fraction of sp³-hybridized carbons (Fsp3) is 0. The third kappa shape index (κ3) is 3.36. The molecule has 0 saturated carbocycles. The highest BCUT2D eigenvalue weighted by Crippen LogP contribution is 2.27. The number of hydrogen-bond acceptors (Lipinski definition) is 3. The van der Waals surface area contributed by atoms with Gasteiger partial charge >= 0.3 is 0 Å². The second-order valence-corrected chi connectivity index (χ2v) is 6.96. The van der Waals surface area contributed by atoms with Crippen molar-refractivity contribution in [1.29, 1.82) is 0 Å². The van der Waals surface area contributed by atoms with Gasteiger partial charge in [0.05, 0.1) is 15.9 Å². The first-order valence-corrected chi connectivity index (χ1v) is 9.00. The van der Waals surface area contributed by atoms with E-state index in [1.54, 1.807) is 24.3 Å². The van der Waals surface area contributed by atoms with Crippen LogP contribution in [0.1, 0.15) is 11.6 Å². The lowest BCUT2D eigenvalue weighted by Gasteiger charge is -2.01. The van der Waals surface area contributed by atoms with E-state index in [4.69, 9.17) is 16.0 Å². The maximum atomic E-state index is 12.2. The molecule has 2 heterocycles. The van der Waals surface area contributed by atoms with Crippen LogP contribution in [0.3, 0.4) is 0 Å². The molecule has 0 bridgehead atoms. The van der Waals surface area contributed by atoms with E-state index in [-0.39, 0.29) is 5.56 Å². The summed E-state index contributed by atoms with van der Waals surface area (Å²) in [6.45, 7) is 0. The molecule has 2 aromatic heterocycles. The van der Waals surface area contributed by atoms with E-state index in [9.17, 15) is 4.79 Å². The van der Waals surface area contributed by atoms with Crippen LogP contribution < -0.4 is 5.56 Å². The number of para-hydroxylation sites is 1. The molecule has 0 amide bonds. The number of furan rings is 1. The number of rotatable bonds is 3. The summed E-state index contributed by atoms with van der Waals surface area (Å²) >= 11 is 9.76. The van der Waals surface area contributed by atoms with Crippen molar-refractivity contribution in [2.24, 2.45) is 0 Å². The van der Waals surface area contributed by atoms with Crippen molar-refractivity contribution in [3.63, 3.8) is 0 Å². The second-order valence-electron chi connectivity index (χ2n) is 5.63. The van der Waals surface area contributed by atoms with Crippen molar-refractivity contribution in [1.82, 2.24) is 9.97 Å². The van der Waals surface area contributed by atoms with E-state index in [1.807, 2.05) is 42.5 Å². The molecule has 4 aromatic rings. The number of nitrogens with zero attached hydrogens (tertiary/aromatic N) is 1. The van der Waals surface area contributed by atoms with Crippen LogP contribution in [-0.4, -0.2) is 9.97 Å². The van der Waals surface area contributed by atoms with Crippen molar-refractivity contribution in [2.45, 2.75) is 0 Å². The molecule has 0 aliphatic rings. The Bertz CT molecular complexity index is 1180. The van der Waals surface area contributed by atoms with Gasteiger partial charge < -0.3 is 9.40 Å². The van der Waals surface area contributed by atoms with Crippen molar-refractivity contribution >= 4 is 49.5 Å². The molecular weight excluding hydrogens is 416 g/mol. The minimum absolute atomic E-state index is 0.229. The average molecular weight is 428 g/mol. The zero-order valence-electron chi connectivity index (χ0n) is 13.4. The molecule has 0 unspecified atom stereocenters. The summed E-state index contributed by atoms with van der Waals surface area (Å²) in [5.41, 5.74) is 1.32. The van der Waals surface area contributed by atoms with E-state index >= 15 is 0 Å². The number of hydrogen-bond donors (Lipinski definition) is 1. The zero-order chi connectivity index (χ0) is 18.1. The van der Waals surface area contributed by atoms with Gasteiger partial charge in [0, 0.05) is 16.1 Å². The Morgan fingerprint density at radius 3 is 2.65 bits per heavy atom. The summed E-state index contributed by atoms with van der Waals surface area (Å²) < 4.78 is 6.83. The van der Waals surface area contributed by atoms with Crippen molar-refractivity contribution in [3.8, 4) is 11.3 Å². The molecule has 0 aliphatic carbocycles. The van der Waals surface area contributed by atoms with Crippen LogP contribution in [0.4, 0.5) is 0 Å². The van der Waals surface area contributed by atoms with Gasteiger partial charge in [0.25, 0.3) is 5.56 Å². The summed E-state index contributed by atoms with van der Waals surface area (Å²) in [6.07, 6.45) is 1.64. The Morgan fingerprint density at radius 2 is 1.85 bits per heavy atom. The third-order valence-electron chi connectivity index (χ3n) is 3.86. The monoisotopic (exact) mass is 426 g/mol. The lowest BCUT2D eigenvalue weighted by molar-refractivity contribution is 0.572. The zero-order valence-corrected chi connectivity index (χ0v) is 15.7. The molecular formula is C20H12BrClN2O2. The third-order valence-corrected chi connectivity index (χ3v) is 4.68. The highest BCUT2D eigenvalue weighted by Gasteiger charge is 2.09. The average Bonchev–Trinajstić information content (AvgIpc) is 3.10. The van der Waals surface area contributed by atoms with E-state index in [2.05, 4.69) is 25.9 Å². The van der Waals surface area contributed by atoms with Crippen LogP contribution in [0.2, 0.25) is 0 Å². The summed E-state index contributed by atoms with van der Waals surface area (Å²) in [6, 6.07) is 18.6. The largest absolute Gasteiger partial charge is 0.457 e. The van der Waals surface area contributed by atoms with Crippen LogP contribution in [-0.2, 0) is 0 Å². The molecule has 0 radical (unpaired) electrons. The number of aromatic amines is 1. The standard InChI is InChI=1S/C20H12BrClN2O2/c21-13-7-5-12(6-8-13)18-10-9-14(26-18)11-16(22)19-23-17-4-2-1-3-15(17)20(25)24-19/h1-11H,(H,23,24,25)/b16-11-. The molecule has 0 spiro atoms. The van der Waals surface area contributed by atoms with Gasteiger partial charge in [-0.2, -0.15) is 0 Å². The summed E-state index contributed by atoms with van der Waals surface area (Å²) in [4.78, 5) is 19.3. The minimum Gasteiger partial charge on any atom is -0.457 e. The molecule has 26 heavy (non-hydrogen) atoms. The smallest absolute Gasteiger partial charge is 0.259 e. The van der Waals surface area contributed by atoms with Crippen LogP contribution in [0, 0.1) is 0 Å². The predicted molar refractivity (Wildman–Crippen MR) is 108 cm³/mol. The molecule has 128 valence electrons. The Labute approximate surface area is 162 Å². The highest BCUT2D eigenvalue weighted by atomic mass is 79.9. The maximum Gasteiger partial charge on any atom is 0.259 e. The van der Waals surface area contributed by atoms with Gasteiger partial charge in [0.15, 0.2) is 5.82 Å². The Morgan fingerprint density at radius 1 is 1.08 bits per heavy atom. The van der Waals surface area contributed by atoms with Gasteiger partial charge in [0.2, 0.25) is 0 Å². The van der Waals surface area contributed by atoms with Crippen molar-refractivity contribution in [2.75, 3.05) is 0 Å². The molecule has 0 saturated heterocycles. The Hall–Kier alpha value is -2.63. The molecule has 6 heteroatoms. The highest BCUT2D eigenvalue weighted by molar-refractivity contribution is 9.10. The normalized spacial score (nSPS) is 11.8. The van der Waals surface area contributed by atoms with Crippen LogP contribution in [0.15, 0.2) is 74.3 Å². The Balaban J connectivity index is 1.68. The molecule has 0 fully saturated rings. The number of halogens is 2. The van der Waals surface area contributed by atoms with E-state index in [1.165, 1.54) is 0 Å². The SMILES string of the molecule is O=c1[nH]c(/C(Cl)=C/c2ccc(-c3ccc(Br)cc3)o2)nc2ccccc12. The van der Waals surface area contributed by atoms with Crippen LogP contribution in [0.5, 0.6) is 0 Å². The predicted octanol–water partition coefficient (Wildman–Crippen LogP) is 5.68. The molecule has 0 aliphatic heterocycles. The minimum atomic E-state index is -0.229. The lowest BCUT2D eigenvalue weighted by Crippen LogP contribution is -2.10. The fourth-order valence-corrected chi connectivity index (χ4v) is 3.05. The van der Waals surface area contributed by atoms with Gasteiger partial charge in [-0.3, -0.25) is 4.79 Å².